The molecule has 0 aromatic heterocycles. The molecule has 0 saturated heterocycles. The van der Waals surface area contributed by atoms with Crippen molar-refractivity contribution in [1.82, 2.24) is 0 Å². The van der Waals surface area contributed by atoms with Crippen molar-refractivity contribution >= 4 is 9.47 Å². The average molecular weight is 232 g/mol. The SMILES string of the molecule is CCCCC(CCCC)(CCCC)OP. The molecule has 0 fully saturated rings. The molecule has 0 saturated carbocycles. The Morgan fingerprint density at radius 3 is 1.33 bits per heavy atom. The van der Waals surface area contributed by atoms with Gasteiger partial charge in [-0.1, -0.05) is 59.3 Å². The molecule has 0 rings (SSSR count). The van der Waals surface area contributed by atoms with Gasteiger partial charge in [0.15, 0.2) is 0 Å². The van der Waals surface area contributed by atoms with Crippen molar-refractivity contribution in [2.75, 3.05) is 0 Å². The molecule has 0 N–H and O–H groups in total. The van der Waals surface area contributed by atoms with E-state index in [1.54, 1.807) is 0 Å². The number of hydrogen-bond acceptors (Lipinski definition) is 1. The molecule has 0 aliphatic rings. The second-order valence-corrected chi connectivity index (χ2v) is 4.85. The maximum Gasteiger partial charge on any atom is 0.0718 e. The van der Waals surface area contributed by atoms with Crippen LogP contribution in [0, 0.1) is 0 Å². The molecular formula is C13H29OP. The van der Waals surface area contributed by atoms with Gasteiger partial charge in [-0.25, -0.2) is 0 Å². The minimum atomic E-state index is 0.159. The predicted molar refractivity (Wildman–Crippen MR) is 72.1 cm³/mol. The van der Waals surface area contributed by atoms with Gasteiger partial charge in [0.1, 0.15) is 0 Å². The van der Waals surface area contributed by atoms with Crippen LogP contribution in [0.4, 0.5) is 0 Å². The van der Waals surface area contributed by atoms with E-state index in [1.807, 2.05) is 0 Å². The summed E-state index contributed by atoms with van der Waals surface area (Å²) in [4.78, 5) is 0. The summed E-state index contributed by atoms with van der Waals surface area (Å²) in [6, 6.07) is 0. The zero-order valence-electron chi connectivity index (χ0n) is 10.8. The van der Waals surface area contributed by atoms with Gasteiger partial charge in [-0.05, 0) is 19.3 Å². The van der Waals surface area contributed by atoms with Crippen LogP contribution in [0.2, 0.25) is 0 Å². The van der Waals surface area contributed by atoms with E-state index < -0.39 is 0 Å². The monoisotopic (exact) mass is 232 g/mol. The van der Waals surface area contributed by atoms with Crippen LogP contribution in [0.5, 0.6) is 0 Å². The quantitative estimate of drug-likeness (QED) is 0.476. The van der Waals surface area contributed by atoms with Crippen molar-refractivity contribution in [3.63, 3.8) is 0 Å². The Balaban J connectivity index is 4.16. The Morgan fingerprint density at radius 1 is 0.800 bits per heavy atom. The van der Waals surface area contributed by atoms with Crippen LogP contribution < -0.4 is 0 Å². The third kappa shape index (κ3) is 6.53. The lowest BCUT2D eigenvalue weighted by Gasteiger charge is -2.32. The summed E-state index contributed by atoms with van der Waals surface area (Å²) in [6.07, 6.45) is 11.4. The molecular weight excluding hydrogens is 203 g/mol. The van der Waals surface area contributed by atoms with E-state index in [4.69, 9.17) is 4.52 Å². The molecule has 1 atom stereocenters. The number of rotatable bonds is 10. The van der Waals surface area contributed by atoms with Gasteiger partial charge in [-0.15, -0.1) is 0 Å². The second kappa shape index (κ2) is 9.60. The lowest BCUT2D eigenvalue weighted by atomic mass is 9.86. The maximum absolute atomic E-state index is 5.76. The highest BCUT2D eigenvalue weighted by atomic mass is 31.0. The van der Waals surface area contributed by atoms with Crippen molar-refractivity contribution in [2.24, 2.45) is 0 Å². The summed E-state index contributed by atoms with van der Waals surface area (Å²) in [5, 5.41) is 0. The van der Waals surface area contributed by atoms with E-state index in [9.17, 15) is 0 Å². The van der Waals surface area contributed by atoms with Gasteiger partial charge in [-0.3, -0.25) is 0 Å². The van der Waals surface area contributed by atoms with Crippen molar-refractivity contribution in [1.29, 1.82) is 0 Å². The molecule has 0 aromatic rings. The van der Waals surface area contributed by atoms with Crippen LogP contribution in [-0.2, 0) is 4.52 Å². The minimum Gasteiger partial charge on any atom is -0.359 e. The molecule has 0 aliphatic carbocycles. The van der Waals surface area contributed by atoms with Crippen LogP contribution in [0.3, 0.4) is 0 Å². The van der Waals surface area contributed by atoms with Crippen LogP contribution in [0.15, 0.2) is 0 Å². The third-order valence-corrected chi connectivity index (χ3v) is 3.71. The van der Waals surface area contributed by atoms with Crippen LogP contribution in [0.1, 0.15) is 78.6 Å². The van der Waals surface area contributed by atoms with E-state index in [0.29, 0.717) is 0 Å². The van der Waals surface area contributed by atoms with Gasteiger partial charge in [0.2, 0.25) is 0 Å². The topological polar surface area (TPSA) is 9.23 Å². The molecule has 0 spiro atoms. The lowest BCUT2D eigenvalue weighted by Crippen LogP contribution is -2.29. The molecule has 92 valence electrons. The Hall–Kier alpha value is 0.390. The van der Waals surface area contributed by atoms with Gasteiger partial charge in [0.05, 0.1) is 5.60 Å². The minimum absolute atomic E-state index is 0.159. The van der Waals surface area contributed by atoms with Gasteiger partial charge in [0, 0.05) is 9.47 Å². The first-order valence-corrected chi connectivity index (χ1v) is 7.09. The summed E-state index contributed by atoms with van der Waals surface area (Å²) >= 11 is 0. The van der Waals surface area contributed by atoms with E-state index >= 15 is 0 Å². The zero-order chi connectivity index (χ0) is 11.6. The Bertz CT molecular complexity index is 115. The molecule has 15 heavy (non-hydrogen) atoms. The third-order valence-electron chi connectivity index (χ3n) is 3.21. The molecule has 0 amide bonds. The highest BCUT2D eigenvalue weighted by Gasteiger charge is 2.27. The lowest BCUT2D eigenvalue weighted by molar-refractivity contribution is 0.0553. The van der Waals surface area contributed by atoms with E-state index in [2.05, 4.69) is 30.2 Å². The summed E-state index contributed by atoms with van der Waals surface area (Å²) < 4.78 is 5.76. The first-order valence-electron chi connectivity index (χ1n) is 6.62. The van der Waals surface area contributed by atoms with Crippen molar-refractivity contribution in [3.8, 4) is 0 Å². The standard InChI is InChI=1S/C13H29OP/c1-4-7-10-13(14-15,11-8-5-2)12-9-6-3/h4-12,15H2,1-3H3. The van der Waals surface area contributed by atoms with Gasteiger partial charge in [-0.2, -0.15) is 0 Å². The zero-order valence-corrected chi connectivity index (χ0v) is 12.0. The number of unbranched alkanes of at least 4 members (excludes halogenated alkanes) is 3. The van der Waals surface area contributed by atoms with Crippen molar-refractivity contribution in [2.45, 2.75) is 84.2 Å². The Kier molecular flexibility index (Phi) is 9.85. The fraction of sp³-hybridized carbons (Fsp3) is 1.00. The summed E-state index contributed by atoms with van der Waals surface area (Å²) in [7, 11) is 2.51. The van der Waals surface area contributed by atoms with Crippen molar-refractivity contribution < 1.29 is 4.52 Å². The molecule has 1 unspecified atom stereocenters. The van der Waals surface area contributed by atoms with Crippen LogP contribution in [-0.4, -0.2) is 5.60 Å². The fourth-order valence-electron chi connectivity index (χ4n) is 2.05. The highest BCUT2D eigenvalue weighted by Crippen LogP contribution is 2.33. The van der Waals surface area contributed by atoms with E-state index in [-0.39, 0.29) is 5.60 Å². The maximum atomic E-state index is 5.76. The Labute approximate surface area is 98.6 Å². The first-order chi connectivity index (χ1) is 7.24. The van der Waals surface area contributed by atoms with Crippen LogP contribution >= 0.6 is 9.47 Å². The molecule has 0 bridgehead atoms. The summed E-state index contributed by atoms with van der Waals surface area (Å²) in [5.41, 5.74) is 0.159. The molecule has 2 heteroatoms. The Morgan fingerprint density at radius 2 is 1.13 bits per heavy atom. The largest absolute Gasteiger partial charge is 0.359 e. The normalized spacial score (nSPS) is 12.0. The predicted octanol–water partition coefficient (Wildman–Crippen LogP) is 5.10. The van der Waals surface area contributed by atoms with E-state index in [0.717, 1.165) is 0 Å². The fourth-order valence-corrected chi connectivity index (χ4v) is 2.40. The molecule has 0 aliphatic heterocycles. The average Bonchev–Trinajstić information content (AvgIpc) is 2.29. The highest BCUT2D eigenvalue weighted by molar-refractivity contribution is 7.09. The molecule has 0 radical (unpaired) electrons. The van der Waals surface area contributed by atoms with Gasteiger partial charge >= 0.3 is 0 Å². The van der Waals surface area contributed by atoms with Gasteiger partial charge in [0.25, 0.3) is 0 Å². The first kappa shape index (κ1) is 15.4. The van der Waals surface area contributed by atoms with Crippen molar-refractivity contribution in [3.05, 3.63) is 0 Å². The van der Waals surface area contributed by atoms with E-state index in [1.165, 1.54) is 57.8 Å². The second-order valence-electron chi connectivity index (χ2n) is 4.61. The number of hydrogen-bond donors (Lipinski definition) is 0. The molecule has 0 aromatic carbocycles. The van der Waals surface area contributed by atoms with Gasteiger partial charge < -0.3 is 4.52 Å². The summed E-state index contributed by atoms with van der Waals surface area (Å²) in [5.74, 6) is 0. The molecule has 0 heterocycles. The summed E-state index contributed by atoms with van der Waals surface area (Å²) in [6.45, 7) is 6.77. The smallest absolute Gasteiger partial charge is 0.0718 e. The van der Waals surface area contributed by atoms with Crippen LogP contribution in [0.25, 0.3) is 0 Å². The molecule has 1 nitrogen and oxygen atoms in total.